The standard InChI is InChI=1S/C25H25ClN2O2/c1-16-7-6-8-17-11-18(15-27-19-12-20(29-2)14-21(13-19)30-3)25(28-24(16)17)22-9-4-5-10-23(22)26/h5-8,10-14,27H,4,9,15H2,1-3H3. The number of halogens is 1. The van der Waals surface area contributed by atoms with Gasteiger partial charge in [0.25, 0.3) is 0 Å². The number of hydrogen-bond acceptors (Lipinski definition) is 4. The molecule has 4 nitrogen and oxygen atoms in total. The minimum atomic E-state index is 0.611. The minimum absolute atomic E-state index is 0.611. The van der Waals surface area contributed by atoms with Crippen molar-refractivity contribution in [3.8, 4) is 11.5 Å². The van der Waals surface area contributed by atoms with Crippen LogP contribution in [0.5, 0.6) is 11.5 Å². The van der Waals surface area contributed by atoms with Crippen molar-refractivity contribution < 1.29 is 9.47 Å². The molecule has 0 atom stereocenters. The molecule has 1 aliphatic carbocycles. The predicted octanol–water partition coefficient (Wildman–Crippen LogP) is 6.47. The van der Waals surface area contributed by atoms with E-state index in [0.717, 1.165) is 68.4 Å². The lowest BCUT2D eigenvalue weighted by Gasteiger charge is -2.18. The quantitative estimate of drug-likeness (QED) is 0.496. The zero-order chi connectivity index (χ0) is 21.1. The lowest BCUT2D eigenvalue weighted by atomic mass is 9.96. The Hall–Kier alpha value is -2.98. The fourth-order valence-corrected chi connectivity index (χ4v) is 4.03. The van der Waals surface area contributed by atoms with Crippen molar-refractivity contribution in [3.63, 3.8) is 0 Å². The zero-order valence-electron chi connectivity index (χ0n) is 17.5. The Labute approximate surface area is 182 Å². The molecule has 0 aliphatic heterocycles. The normalized spacial score (nSPS) is 13.6. The molecule has 4 rings (SSSR count). The van der Waals surface area contributed by atoms with E-state index in [1.54, 1.807) is 14.2 Å². The van der Waals surface area contributed by atoms with Crippen molar-refractivity contribution in [1.82, 2.24) is 4.98 Å². The number of pyridine rings is 1. The third-order valence-corrected chi connectivity index (χ3v) is 5.71. The van der Waals surface area contributed by atoms with Gasteiger partial charge < -0.3 is 14.8 Å². The molecular weight excluding hydrogens is 396 g/mol. The number of methoxy groups -OCH3 is 2. The number of nitrogens with zero attached hydrogens (tertiary/aromatic N) is 1. The Bertz CT molecular complexity index is 1130. The fraction of sp³-hybridized carbons (Fsp3) is 0.240. The predicted molar refractivity (Wildman–Crippen MR) is 124 cm³/mol. The largest absolute Gasteiger partial charge is 0.497 e. The van der Waals surface area contributed by atoms with E-state index in [-0.39, 0.29) is 0 Å². The van der Waals surface area contributed by atoms with Crippen LogP contribution in [0.3, 0.4) is 0 Å². The Balaban J connectivity index is 1.76. The molecule has 2 aromatic carbocycles. The first-order valence-electron chi connectivity index (χ1n) is 10.0. The zero-order valence-corrected chi connectivity index (χ0v) is 18.2. The molecule has 1 aromatic heterocycles. The second kappa shape index (κ2) is 8.80. The molecule has 0 amide bonds. The van der Waals surface area contributed by atoms with Crippen molar-refractivity contribution in [2.24, 2.45) is 0 Å². The molecule has 1 aliphatic rings. The molecule has 0 radical (unpaired) electrons. The van der Waals surface area contributed by atoms with Crippen LogP contribution >= 0.6 is 11.6 Å². The topological polar surface area (TPSA) is 43.4 Å². The van der Waals surface area contributed by atoms with E-state index < -0.39 is 0 Å². The number of allylic oxidation sites excluding steroid dienone is 4. The van der Waals surface area contributed by atoms with Crippen LogP contribution in [0, 0.1) is 6.92 Å². The van der Waals surface area contributed by atoms with Crippen LogP contribution in [0.2, 0.25) is 0 Å². The number of anilines is 1. The van der Waals surface area contributed by atoms with Crippen LogP contribution in [0.25, 0.3) is 16.5 Å². The number of aryl methyl sites for hydroxylation is 1. The first-order valence-corrected chi connectivity index (χ1v) is 10.4. The highest BCUT2D eigenvalue weighted by Gasteiger charge is 2.17. The molecule has 0 spiro atoms. The van der Waals surface area contributed by atoms with Crippen molar-refractivity contribution in [1.29, 1.82) is 0 Å². The van der Waals surface area contributed by atoms with Gasteiger partial charge in [0.15, 0.2) is 0 Å². The smallest absolute Gasteiger partial charge is 0.124 e. The van der Waals surface area contributed by atoms with Crippen LogP contribution in [-0.2, 0) is 6.54 Å². The lowest BCUT2D eigenvalue weighted by molar-refractivity contribution is 0.394. The van der Waals surface area contributed by atoms with Gasteiger partial charge in [-0.25, -0.2) is 4.98 Å². The highest BCUT2D eigenvalue weighted by atomic mass is 35.5. The highest BCUT2D eigenvalue weighted by Crippen LogP contribution is 2.34. The Morgan fingerprint density at radius 3 is 2.53 bits per heavy atom. The molecule has 0 unspecified atom stereocenters. The van der Waals surface area contributed by atoms with Crippen LogP contribution < -0.4 is 14.8 Å². The number of rotatable bonds is 6. The fourth-order valence-electron chi connectivity index (χ4n) is 3.76. The van der Waals surface area contributed by atoms with Crippen molar-refractivity contribution in [3.05, 3.63) is 76.5 Å². The molecule has 0 saturated carbocycles. The van der Waals surface area contributed by atoms with Crippen molar-refractivity contribution >= 4 is 33.8 Å². The van der Waals surface area contributed by atoms with Gasteiger partial charge in [0.05, 0.1) is 25.4 Å². The first-order chi connectivity index (χ1) is 14.6. The third-order valence-electron chi connectivity index (χ3n) is 5.36. The number of benzene rings is 2. The minimum Gasteiger partial charge on any atom is -0.497 e. The van der Waals surface area contributed by atoms with Gasteiger partial charge in [-0.2, -0.15) is 0 Å². The lowest BCUT2D eigenvalue weighted by Crippen LogP contribution is -2.07. The van der Waals surface area contributed by atoms with E-state index >= 15 is 0 Å². The maximum absolute atomic E-state index is 6.58. The van der Waals surface area contributed by atoms with Crippen molar-refractivity contribution in [2.75, 3.05) is 19.5 Å². The molecular formula is C25H25ClN2O2. The van der Waals surface area contributed by atoms with Crippen LogP contribution in [0.4, 0.5) is 5.69 Å². The number of ether oxygens (including phenoxy) is 2. The van der Waals surface area contributed by atoms with E-state index in [0.29, 0.717) is 6.54 Å². The van der Waals surface area contributed by atoms with Gasteiger partial charge >= 0.3 is 0 Å². The molecule has 1 N–H and O–H groups in total. The van der Waals surface area contributed by atoms with E-state index in [9.17, 15) is 0 Å². The number of hydrogen-bond donors (Lipinski definition) is 1. The molecule has 0 fully saturated rings. The maximum Gasteiger partial charge on any atom is 0.124 e. The summed E-state index contributed by atoms with van der Waals surface area (Å²) >= 11 is 6.58. The summed E-state index contributed by atoms with van der Waals surface area (Å²) in [5.41, 5.74) is 6.28. The van der Waals surface area contributed by atoms with E-state index in [1.807, 2.05) is 24.3 Å². The average molecular weight is 421 g/mol. The number of nitrogens with one attached hydrogen (secondary N) is 1. The first kappa shape index (κ1) is 20.3. The molecule has 154 valence electrons. The van der Waals surface area contributed by atoms with E-state index in [1.165, 1.54) is 0 Å². The van der Waals surface area contributed by atoms with Gasteiger partial charge in [-0.15, -0.1) is 0 Å². The van der Waals surface area contributed by atoms with Gasteiger partial charge in [-0.3, -0.25) is 0 Å². The summed E-state index contributed by atoms with van der Waals surface area (Å²) in [5, 5.41) is 5.40. The van der Waals surface area contributed by atoms with Crippen LogP contribution in [-0.4, -0.2) is 19.2 Å². The molecule has 0 bridgehead atoms. The second-order valence-electron chi connectivity index (χ2n) is 7.37. The van der Waals surface area contributed by atoms with E-state index in [2.05, 4.69) is 42.6 Å². The molecule has 0 saturated heterocycles. The Morgan fingerprint density at radius 2 is 1.83 bits per heavy atom. The third kappa shape index (κ3) is 4.14. The second-order valence-corrected chi connectivity index (χ2v) is 7.77. The molecule has 1 heterocycles. The summed E-state index contributed by atoms with van der Waals surface area (Å²) in [5.74, 6) is 1.49. The van der Waals surface area contributed by atoms with Gasteiger partial charge in [0.1, 0.15) is 11.5 Å². The van der Waals surface area contributed by atoms with E-state index in [4.69, 9.17) is 26.1 Å². The van der Waals surface area contributed by atoms with Crippen LogP contribution in [0.15, 0.2) is 59.6 Å². The summed E-state index contributed by atoms with van der Waals surface area (Å²) in [4.78, 5) is 5.06. The molecule has 30 heavy (non-hydrogen) atoms. The summed E-state index contributed by atoms with van der Waals surface area (Å²) in [6.07, 6.45) is 5.95. The summed E-state index contributed by atoms with van der Waals surface area (Å²) < 4.78 is 10.8. The summed E-state index contributed by atoms with van der Waals surface area (Å²) in [6, 6.07) is 14.2. The summed E-state index contributed by atoms with van der Waals surface area (Å²) in [6.45, 7) is 2.70. The van der Waals surface area contributed by atoms with Crippen molar-refractivity contribution in [2.45, 2.75) is 26.3 Å². The molecule has 3 aromatic rings. The van der Waals surface area contributed by atoms with Crippen LogP contribution in [0.1, 0.15) is 29.7 Å². The molecule has 5 heteroatoms. The maximum atomic E-state index is 6.58. The number of para-hydroxylation sites is 1. The summed E-state index contributed by atoms with van der Waals surface area (Å²) in [7, 11) is 3.30. The number of aromatic nitrogens is 1. The monoisotopic (exact) mass is 420 g/mol. The van der Waals surface area contributed by atoms with Gasteiger partial charge in [-0.05, 0) is 48.6 Å². The SMILES string of the molecule is COc1cc(NCc2cc3cccc(C)c3nc2C2=C(Cl)C=CCC2)cc(OC)c1. The Morgan fingerprint density at radius 1 is 1.07 bits per heavy atom. The Kier molecular flexibility index (Phi) is 5.96. The van der Waals surface area contributed by atoms with Gasteiger partial charge in [0, 0.05) is 40.8 Å². The highest BCUT2D eigenvalue weighted by molar-refractivity contribution is 6.34. The van der Waals surface area contributed by atoms with Gasteiger partial charge in [0.2, 0.25) is 0 Å². The average Bonchev–Trinajstić information content (AvgIpc) is 2.77. The number of fused-ring (bicyclic) bond motifs is 1. The van der Waals surface area contributed by atoms with Gasteiger partial charge in [-0.1, -0.05) is 35.9 Å².